The van der Waals surface area contributed by atoms with Gasteiger partial charge >= 0.3 is 0 Å². The van der Waals surface area contributed by atoms with Gasteiger partial charge in [-0.1, -0.05) is 42.0 Å². The maximum Gasteiger partial charge on any atom is 0.234 e. The summed E-state index contributed by atoms with van der Waals surface area (Å²) in [5.74, 6) is -0.141. The van der Waals surface area contributed by atoms with Crippen molar-refractivity contribution in [1.82, 2.24) is 24.5 Å². The molecule has 1 unspecified atom stereocenters. The molecule has 1 atom stereocenters. The van der Waals surface area contributed by atoms with Crippen LogP contribution in [-0.4, -0.2) is 35.3 Å². The summed E-state index contributed by atoms with van der Waals surface area (Å²) in [6.07, 6.45) is 11.6. The fraction of sp³-hybridized carbons (Fsp3) is 0.231. The van der Waals surface area contributed by atoms with Crippen molar-refractivity contribution >= 4 is 57.0 Å². The van der Waals surface area contributed by atoms with E-state index in [-0.39, 0.29) is 5.69 Å². The van der Waals surface area contributed by atoms with Gasteiger partial charge in [0.2, 0.25) is 4.21 Å². The van der Waals surface area contributed by atoms with Crippen LogP contribution < -0.4 is 10.5 Å². The van der Waals surface area contributed by atoms with Crippen molar-refractivity contribution in [3.63, 3.8) is 0 Å². The van der Waals surface area contributed by atoms with E-state index >= 15 is 4.39 Å². The quantitative estimate of drug-likeness (QED) is 0.134. The highest BCUT2D eigenvalue weighted by atomic mass is 32.2. The Morgan fingerprint density at radius 3 is 2.79 bits per heavy atom. The summed E-state index contributed by atoms with van der Waals surface area (Å²) in [6.45, 7) is 0. The van der Waals surface area contributed by atoms with Crippen molar-refractivity contribution < 1.29 is 8.94 Å². The maximum absolute atomic E-state index is 15.3. The first-order valence-corrected chi connectivity index (χ1v) is 15.3. The number of nitrogens with one attached hydrogen (secondary N) is 1. The van der Waals surface area contributed by atoms with Crippen LogP contribution in [0.3, 0.4) is 0 Å². The van der Waals surface area contributed by atoms with Crippen molar-refractivity contribution in [3.8, 4) is 21.7 Å². The van der Waals surface area contributed by atoms with Crippen molar-refractivity contribution in [2.45, 2.75) is 41.1 Å². The standard InChI is InChI=1S/C26H24FN7OS3/c1-36-26-29-11-10-20(32-26)21-8-9-22(37-21)38(35)33-19-7-6-15(12-18(19)27)17-13-34(16-4-2-3-5-16)25-23(17)24(28)30-14-31-25/h6-14,16,33H,2-5H2,1H3,(H2,28,30,31). The predicted molar refractivity (Wildman–Crippen MR) is 152 cm³/mol. The number of nitrogen functional groups attached to an aromatic ring is 1. The SMILES string of the molecule is CSc1nccc(-c2ccc([S+]([O-])Nc3ccc(-c4cn(C5CCCC5)c5ncnc(N)c45)cc3F)s2)n1. The number of thiophene rings is 1. The Morgan fingerprint density at radius 1 is 1.16 bits per heavy atom. The molecule has 0 spiro atoms. The summed E-state index contributed by atoms with van der Waals surface area (Å²) in [5.41, 5.74) is 9.37. The number of thioether (sulfide) groups is 1. The molecule has 6 rings (SSSR count). The molecule has 8 nitrogen and oxygen atoms in total. The molecule has 0 aliphatic heterocycles. The van der Waals surface area contributed by atoms with Gasteiger partial charge in [0, 0.05) is 30.1 Å². The molecule has 1 saturated carbocycles. The van der Waals surface area contributed by atoms with E-state index in [2.05, 4.69) is 29.2 Å². The van der Waals surface area contributed by atoms with Crippen LogP contribution >= 0.6 is 23.1 Å². The normalized spacial score (nSPS) is 14.8. The second-order valence-electron chi connectivity index (χ2n) is 8.96. The van der Waals surface area contributed by atoms with Gasteiger partial charge in [0.05, 0.1) is 16.0 Å². The fourth-order valence-electron chi connectivity index (χ4n) is 4.84. The fourth-order valence-corrected chi connectivity index (χ4v) is 7.26. The summed E-state index contributed by atoms with van der Waals surface area (Å²) in [7, 11) is 0. The molecular formula is C26H24FN7OS3. The van der Waals surface area contributed by atoms with Gasteiger partial charge in [-0.25, -0.2) is 24.3 Å². The van der Waals surface area contributed by atoms with Crippen molar-refractivity contribution in [1.29, 1.82) is 0 Å². The summed E-state index contributed by atoms with van der Waals surface area (Å²) >= 11 is 1.15. The number of fused-ring (bicyclic) bond motifs is 1. The first-order chi connectivity index (χ1) is 18.5. The van der Waals surface area contributed by atoms with Gasteiger partial charge in [0.1, 0.15) is 34.8 Å². The van der Waals surface area contributed by atoms with Crippen LogP contribution in [0.2, 0.25) is 0 Å². The van der Waals surface area contributed by atoms with E-state index < -0.39 is 17.2 Å². The van der Waals surface area contributed by atoms with Gasteiger partial charge in [-0.05, 0) is 48.9 Å². The summed E-state index contributed by atoms with van der Waals surface area (Å²) < 4.78 is 33.9. The Morgan fingerprint density at radius 2 is 2.00 bits per heavy atom. The number of hydrogen-bond acceptors (Lipinski definition) is 9. The molecular weight excluding hydrogens is 542 g/mol. The average molecular weight is 566 g/mol. The molecule has 1 aliphatic rings. The minimum atomic E-state index is -1.64. The number of nitrogens with two attached hydrogens (primary N) is 1. The van der Waals surface area contributed by atoms with Gasteiger partial charge in [0.25, 0.3) is 0 Å². The number of aromatic nitrogens is 5. The molecule has 38 heavy (non-hydrogen) atoms. The smallest absolute Gasteiger partial charge is 0.234 e. The van der Waals surface area contributed by atoms with Gasteiger partial charge in [0.15, 0.2) is 11.0 Å². The molecule has 4 heterocycles. The molecule has 194 valence electrons. The lowest BCUT2D eigenvalue weighted by Gasteiger charge is -2.12. The van der Waals surface area contributed by atoms with Crippen molar-refractivity contribution in [2.24, 2.45) is 0 Å². The highest BCUT2D eigenvalue weighted by Crippen LogP contribution is 2.39. The molecule has 0 saturated heterocycles. The Hall–Kier alpha value is -3.19. The first kappa shape index (κ1) is 25.1. The largest absolute Gasteiger partial charge is 0.587 e. The van der Waals surface area contributed by atoms with E-state index in [9.17, 15) is 4.55 Å². The zero-order valence-electron chi connectivity index (χ0n) is 20.4. The van der Waals surface area contributed by atoms with Crippen LogP contribution in [0.4, 0.5) is 15.9 Å². The monoisotopic (exact) mass is 565 g/mol. The minimum Gasteiger partial charge on any atom is -0.587 e. The lowest BCUT2D eigenvalue weighted by Crippen LogP contribution is -2.12. The van der Waals surface area contributed by atoms with Crippen molar-refractivity contribution in [2.75, 3.05) is 16.7 Å². The first-order valence-electron chi connectivity index (χ1n) is 12.1. The minimum absolute atomic E-state index is 0.150. The van der Waals surface area contributed by atoms with Crippen LogP contribution in [0.1, 0.15) is 31.7 Å². The van der Waals surface area contributed by atoms with Gasteiger partial charge in [-0.2, -0.15) is 4.72 Å². The number of rotatable bonds is 7. The predicted octanol–water partition coefficient (Wildman–Crippen LogP) is 6.31. The molecule has 0 amide bonds. The molecule has 4 aromatic heterocycles. The molecule has 3 N–H and O–H groups in total. The Balaban J connectivity index is 1.26. The van der Waals surface area contributed by atoms with Crippen LogP contribution in [0.5, 0.6) is 0 Å². The Labute approximate surface area is 230 Å². The van der Waals surface area contributed by atoms with E-state index in [1.54, 1.807) is 24.4 Å². The lowest BCUT2D eigenvalue weighted by atomic mass is 10.1. The van der Waals surface area contributed by atoms with E-state index in [1.807, 2.05) is 24.6 Å². The van der Waals surface area contributed by atoms with Crippen LogP contribution in [0, 0.1) is 5.82 Å². The molecule has 0 bridgehead atoms. The highest BCUT2D eigenvalue weighted by Gasteiger charge is 2.24. The van der Waals surface area contributed by atoms with Gasteiger partial charge in [-0.15, -0.1) is 0 Å². The molecule has 1 aliphatic carbocycles. The zero-order valence-corrected chi connectivity index (χ0v) is 22.9. The van der Waals surface area contributed by atoms with Crippen LogP contribution in [-0.2, 0) is 11.4 Å². The summed E-state index contributed by atoms with van der Waals surface area (Å²) in [6, 6.07) is 10.6. The summed E-state index contributed by atoms with van der Waals surface area (Å²) in [4.78, 5) is 18.2. The molecule has 1 aromatic carbocycles. The second kappa shape index (κ2) is 10.5. The Bertz CT molecular complexity index is 1620. The van der Waals surface area contributed by atoms with E-state index in [0.29, 0.717) is 26.8 Å². The maximum atomic E-state index is 15.3. The summed E-state index contributed by atoms with van der Waals surface area (Å²) in [5, 5.41) is 1.39. The number of nitrogens with zero attached hydrogens (tertiary/aromatic N) is 5. The van der Waals surface area contributed by atoms with E-state index in [1.165, 1.54) is 48.3 Å². The Kier molecular flexibility index (Phi) is 6.95. The molecule has 5 aromatic rings. The number of benzene rings is 1. The van der Waals surface area contributed by atoms with Crippen molar-refractivity contribution in [3.05, 3.63) is 60.9 Å². The second-order valence-corrected chi connectivity index (χ2v) is 12.3. The molecule has 12 heteroatoms. The number of halogens is 1. The van der Waals surface area contributed by atoms with E-state index in [4.69, 9.17) is 5.73 Å². The van der Waals surface area contributed by atoms with Crippen LogP contribution in [0.15, 0.2) is 64.5 Å². The third kappa shape index (κ3) is 4.73. The third-order valence-electron chi connectivity index (χ3n) is 6.67. The molecule has 1 fully saturated rings. The van der Waals surface area contributed by atoms with Crippen LogP contribution in [0.25, 0.3) is 32.7 Å². The lowest BCUT2D eigenvalue weighted by molar-refractivity contribution is 0.532. The third-order valence-corrected chi connectivity index (χ3v) is 9.75. The van der Waals surface area contributed by atoms with Gasteiger partial charge in [-0.3, -0.25) is 0 Å². The molecule has 0 radical (unpaired) electrons. The van der Waals surface area contributed by atoms with Gasteiger partial charge < -0.3 is 14.9 Å². The zero-order chi connectivity index (χ0) is 26.2. The topological polar surface area (TPSA) is 118 Å². The highest BCUT2D eigenvalue weighted by molar-refractivity contribution is 7.98. The average Bonchev–Trinajstić information content (AvgIpc) is 3.70. The number of anilines is 2. The van der Waals surface area contributed by atoms with E-state index in [0.717, 1.165) is 40.0 Å². The number of hydrogen-bond donors (Lipinski definition) is 2.